The normalized spacial score (nSPS) is 22.1. The molecule has 1 aliphatic heterocycles. The minimum atomic E-state index is -0.0666. The van der Waals surface area contributed by atoms with E-state index in [2.05, 4.69) is 22.5 Å². The average molecular weight is 236 g/mol. The number of anilines is 1. The van der Waals surface area contributed by atoms with Gasteiger partial charge in [-0.2, -0.15) is 0 Å². The Kier molecular flexibility index (Phi) is 3.78. The first-order valence-corrected chi connectivity index (χ1v) is 6.17. The molecular weight excluding hydrogens is 216 g/mol. The molecular formula is C12H20N4O. The Hall–Kier alpha value is -1.36. The molecule has 1 aromatic rings. The van der Waals surface area contributed by atoms with Crippen molar-refractivity contribution in [1.82, 2.24) is 14.9 Å². The van der Waals surface area contributed by atoms with E-state index in [1.807, 2.05) is 0 Å². The van der Waals surface area contributed by atoms with Crippen molar-refractivity contribution in [1.29, 1.82) is 0 Å². The first kappa shape index (κ1) is 12.1. The maximum Gasteiger partial charge on any atom is 0.293 e. The van der Waals surface area contributed by atoms with E-state index in [0.29, 0.717) is 11.7 Å². The van der Waals surface area contributed by atoms with Gasteiger partial charge in [0.15, 0.2) is 5.82 Å². The van der Waals surface area contributed by atoms with E-state index in [9.17, 15) is 4.79 Å². The van der Waals surface area contributed by atoms with Crippen molar-refractivity contribution in [3.8, 4) is 0 Å². The van der Waals surface area contributed by atoms with Crippen LogP contribution in [0.3, 0.4) is 0 Å². The molecule has 5 nitrogen and oxygen atoms in total. The number of hydrogen-bond donors (Lipinski definition) is 2. The van der Waals surface area contributed by atoms with Crippen LogP contribution in [0.1, 0.15) is 19.8 Å². The van der Waals surface area contributed by atoms with E-state index in [-0.39, 0.29) is 11.6 Å². The molecule has 94 valence electrons. The van der Waals surface area contributed by atoms with Crippen molar-refractivity contribution in [2.75, 3.05) is 18.4 Å². The first-order valence-electron chi connectivity index (χ1n) is 6.17. The highest BCUT2D eigenvalue weighted by molar-refractivity contribution is 5.32. The monoisotopic (exact) mass is 236 g/mol. The Labute approximate surface area is 101 Å². The molecule has 0 aromatic carbocycles. The zero-order valence-corrected chi connectivity index (χ0v) is 10.4. The third-order valence-electron chi connectivity index (χ3n) is 3.42. The SMILES string of the molecule is CC(Nc1nccn(C)c1=O)C1CCCNC1. The van der Waals surface area contributed by atoms with Gasteiger partial charge < -0.3 is 15.2 Å². The van der Waals surface area contributed by atoms with E-state index >= 15 is 0 Å². The van der Waals surface area contributed by atoms with Gasteiger partial charge in [-0.15, -0.1) is 0 Å². The fourth-order valence-corrected chi connectivity index (χ4v) is 2.24. The van der Waals surface area contributed by atoms with Gasteiger partial charge >= 0.3 is 0 Å². The molecule has 0 radical (unpaired) electrons. The van der Waals surface area contributed by atoms with Gasteiger partial charge in [-0.05, 0) is 38.8 Å². The standard InChI is InChI=1S/C12H20N4O/c1-9(10-4-3-5-13-8-10)15-11-12(17)16(2)7-6-14-11/h6-7,9-10,13H,3-5,8H2,1-2H3,(H,14,15). The molecule has 0 saturated carbocycles. The lowest BCUT2D eigenvalue weighted by molar-refractivity contribution is 0.346. The second-order valence-corrected chi connectivity index (χ2v) is 4.73. The Morgan fingerprint density at radius 1 is 1.65 bits per heavy atom. The summed E-state index contributed by atoms with van der Waals surface area (Å²) in [6.07, 6.45) is 5.72. The molecule has 0 bridgehead atoms. The topological polar surface area (TPSA) is 59.0 Å². The summed E-state index contributed by atoms with van der Waals surface area (Å²) in [7, 11) is 1.74. The van der Waals surface area contributed by atoms with Gasteiger partial charge in [0.05, 0.1) is 0 Å². The third kappa shape index (κ3) is 2.85. The van der Waals surface area contributed by atoms with Gasteiger partial charge in [-0.1, -0.05) is 0 Å². The van der Waals surface area contributed by atoms with Crippen LogP contribution < -0.4 is 16.2 Å². The maximum absolute atomic E-state index is 11.8. The van der Waals surface area contributed by atoms with Gasteiger partial charge in [-0.25, -0.2) is 4.98 Å². The van der Waals surface area contributed by atoms with E-state index in [1.54, 1.807) is 24.0 Å². The summed E-state index contributed by atoms with van der Waals surface area (Å²) in [6.45, 7) is 4.24. The number of rotatable bonds is 3. The molecule has 2 rings (SSSR count). The van der Waals surface area contributed by atoms with Gasteiger partial charge in [-0.3, -0.25) is 4.79 Å². The summed E-state index contributed by atoms with van der Waals surface area (Å²) in [5, 5.41) is 6.62. The lowest BCUT2D eigenvalue weighted by Gasteiger charge is -2.29. The Morgan fingerprint density at radius 2 is 2.47 bits per heavy atom. The van der Waals surface area contributed by atoms with Crippen molar-refractivity contribution in [3.63, 3.8) is 0 Å². The van der Waals surface area contributed by atoms with Crippen LogP contribution in [0.4, 0.5) is 5.82 Å². The molecule has 17 heavy (non-hydrogen) atoms. The summed E-state index contributed by atoms with van der Waals surface area (Å²) in [5.74, 6) is 1.02. The van der Waals surface area contributed by atoms with Crippen LogP contribution in [0.25, 0.3) is 0 Å². The van der Waals surface area contributed by atoms with Crippen LogP contribution in [0.15, 0.2) is 17.2 Å². The summed E-state index contributed by atoms with van der Waals surface area (Å²) < 4.78 is 1.54. The Bertz CT molecular complexity index is 423. The minimum absolute atomic E-state index is 0.0666. The molecule has 2 heterocycles. The second-order valence-electron chi connectivity index (χ2n) is 4.73. The van der Waals surface area contributed by atoms with Gasteiger partial charge in [0.2, 0.25) is 0 Å². The predicted octanol–water partition coefficient (Wildman–Crippen LogP) is 0.580. The summed E-state index contributed by atoms with van der Waals surface area (Å²) in [5.41, 5.74) is -0.0666. The van der Waals surface area contributed by atoms with Crippen LogP contribution in [-0.2, 0) is 7.05 Å². The number of nitrogens with one attached hydrogen (secondary N) is 2. The van der Waals surface area contributed by atoms with Gasteiger partial charge in [0, 0.05) is 25.5 Å². The minimum Gasteiger partial charge on any atom is -0.363 e. The van der Waals surface area contributed by atoms with E-state index in [4.69, 9.17) is 0 Å². The maximum atomic E-state index is 11.8. The predicted molar refractivity (Wildman–Crippen MR) is 68.2 cm³/mol. The number of aromatic nitrogens is 2. The molecule has 0 amide bonds. The summed E-state index contributed by atoms with van der Waals surface area (Å²) in [6, 6.07) is 0.269. The fourth-order valence-electron chi connectivity index (χ4n) is 2.24. The van der Waals surface area contributed by atoms with Crippen molar-refractivity contribution in [2.45, 2.75) is 25.8 Å². The smallest absolute Gasteiger partial charge is 0.293 e. The van der Waals surface area contributed by atoms with Gasteiger partial charge in [0.1, 0.15) is 0 Å². The molecule has 0 spiro atoms. The van der Waals surface area contributed by atoms with E-state index in [0.717, 1.165) is 13.1 Å². The largest absolute Gasteiger partial charge is 0.363 e. The van der Waals surface area contributed by atoms with Crippen LogP contribution in [0.5, 0.6) is 0 Å². The highest BCUT2D eigenvalue weighted by Gasteiger charge is 2.20. The van der Waals surface area contributed by atoms with Gasteiger partial charge in [0.25, 0.3) is 5.56 Å². The first-order chi connectivity index (χ1) is 8.18. The number of nitrogens with zero attached hydrogens (tertiary/aromatic N) is 2. The summed E-state index contributed by atoms with van der Waals surface area (Å²) >= 11 is 0. The summed E-state index contributed by atoms with van der Waals surface area (Å²) in [4.78, 5) is 15.9. The van der Waals surface area contributed by atoms with Crippen molar-refractivity contribution in [2.24, 2.45) is 13.0 Å². The highest BCUT2D eigenvalue weighted by atomic mass is 16.1. The number of aryl methyl sites for hydroxylation is 1. The van der Waals surface area contributed by atoms with Crippen LogP contribution in [0.2, 0.25) is 0 Å². The third-order valence-corrected chi connectivity index (χ3v) is 3.42. The molecule has 2 atom stereocenters. The van der Waals surface area contributed by atoms with E-state index in [1.165, 1.54) is 12.8 Å². The quantitative estimate of drug-likeness (QED) is 0.806. The highest BCUT2D eigenvalue weighted by Crippen LogP contribution is 2.16. The molecule has 0 aliphatic carbocycles. The molecule has 1 saturated heterocycles. The lowest BCUT2D eigenvalue weighted by Crippen LogP contribution is -2.40. The molecule has 2 N–H and O–H groups in total. The zero-order valence-electron chi connectivity index (χ0n) is 10.4. The zero-order chi connectivity index (χ0) is 12.3. The van der Waals surface area contributed by atoms with E-state index < -0.39 is 0 Å². The lowest BCUT2D eigenvalue weighted by atomic mass is 9.93. The Morgan fingerprint density at radius 3 is 3.18 bits per heavy atom. The van der Waals surface area contributed by atoms with Crippen molar-refractivity contribution >= 4 is 5.82 Å². The molecule has 2 unspecified atom stereocenters. The molecule has 1 aliphatic rings. The number of hydrogen-bond acceptors (Lipinski definition) is 4. The van der Waals surface area contributed by atoms with Crippen LogP contribution in [-0.4, -0.2) is 28.7 Å². The molecule has 1 fully saturated rings. The van der Waals surface area contributed by atoms with Crippen molar-refractivity contribution < 1.29 is 0 Å². The number of piperidine rings is 1. The van der Waals surface area contributed by atoms with Crippen molar-refractivity contribution in [3.05, 3.63) is 22.7 Å². The average Bonchev–Trinajstić information content (AvgIpc) is 2.36. The second kappa shape index (κ2) is 5.31. The molecule has 1 aromatic heterocycles. The molecule has 5 heteroatoms. The van der Waals surface area contributed by atoms with Crippen LogP contribution >= 0.6 is 0 Å². The van der Waals surface area contributed by atoms with Crippen LogP contribution in [0, 0.1) is 5.92 Å². The fraction of sp³-hybridized carbons (Fsp3) is 0.667. The Balaban J connectivity index is 2.04.